The summed E-state index contributed by atoms with van der Waals surface area (Å²) in [6.45, 7) is 11.0. The molecule has 0 aromatic heterocycles. The minimum absolute atomic E-state index is 0.0426. The Morgan fingerprint density at radius 3 is 2.45 bits per heavy atom. The fourth-order valence-corrected chi connectivity index (χ4v) is 4.31. The second-order valence-electron chi connectivity index (χ2n) is 8.66. The molecule has 0 radical (unpaired) electrons. The Bertz CT molecular complexity index is 832. The van der Waals surface area contributed by atoms with Crippen molar-refractivity contribution in [2.24, 2.45) is 5.92 Å². The monoisotopic (exact) mass is 442 g/mol. The molecule has 3 rings (SSSR count). The van der Waals surface area contributed by atoms with Crippen molar-refractivity contribution in [3.05, 3.63) is 70.2 Å². The van der Waals surface area contributed by atoms with E-state index < -0.39 is 0 Å². The summed E-state index contributed by atoms with van der Waals surface area (Å²) in [5.74, 6) is 0.419. The van der Waals surface area contributed by atoms with Crippen LogP contribution in [0, 0.1) is 12.8 Å². The zero-order valence-electron chi connectivity index (χ0n) is 19.0. The number of rotatable bonds is 9. The van der Waals surface area contributed by atoms with Crippen LogP contribution < -0.4 is 0 Å². The molecule has 1 amide bonds. The molecule has 0 bridgehead atoms. The van der Waals surface area contributed by atoms with E-state index in [-0.39, 0.29) is 12.0 Å². The Labute approximate surface area is 192 Å². The van der Waals surface area contributed by atoms with Gasteiger partial charge in [-0.3, -0.25) is 9.69 Å². The molecule has 168 valence electrons. The van der Waals surface area contributed by atoms with E-state index in [4.69, 9.17) is 16.3 Å². The molecule has 5 heteroatoms. The van der Waals surface area contributed by atoms with Crippen molar-refractivity contribution in [1.82, 2.24) is 9.80 Å². The van der Waals surface area contributed by atoms with Crippen LogP contribution in [0.4, 0.5) is 0 Å². The average molecular weight is 443 g/mol. The summed E-state index contributed by atoms with van der Waals surface area (Å²) in [6.07, 6.45) is 1.97. The molecule has 2 atom stereocenters. The zero-order chi connectivity index (χ0) is 22.2. The summed E-state index contributed by atoms with van der Waals surface area (Å²) in [4.78, 5) is 17.1. The maximum absolute atomic E-state index is 12.6. The van der Waals surface area contributed by atoms with Crippen LogP contribution in [0.3, 0.4) is 0 Å². The third-order valence-electron chi connectivity index (χ3n) is 6.03. The lowest BCUT2D eigenvalue weighted by molar-refractivity contribution is -0.137. The van der Waals surface area contributed by atoms with Crippen molar-refractivity contribution >= 4 is 17.5 Å². The van der Waals surface area contributed by atoms with Gasteiger partial charge < -0.3 is 9.64 Å². The SMILES string of the molecule is CCCC(C)C(=O)N1CCN(CC(OCc2cccc(C)c2)c2ccc(Cl)cc2)CC1. The smallest absolute Gasteiger partial charge is 0.225 e. The van der Waals surface area contributed by atoms with Crippen molar-refractivity contribution in [2.75, 3.05) is 32.7 Å². The molecule has 31 heavy (non-hydrogen) atoms. The summed E-state index contributed by atoms with van der Waals surface area (Å²) in [5.41, 5.74) is 3.55. The minimum atomic E-state index is -0.0426. The van der Waals surface area contributed by atoms with Crippen LogP contribution in [0.2, 0.25) is 5.02 Å². The van der Waals surface area contributed by atoms with Crippen molar-refractivity contribution < 1.29 is 9.53 Å². The lowest BCUT2D eigenvalue weighted by Crippen LogP contribution is -2.50. The van der Waals surface area contributed by atoms with Gasteiger partial charge in [0.05, 0.1) is 12.7 Å². The Kier molecular flexibility index (Phi) is 8.94. The van der Waals surface area contributed by atoms with Gasteiger partial charge >= 0.3 is 0 Å². The summed E-state index contributed by atoms with van der Waals surface area (Å²) in [7, 11) is 0. The fourth-order valence-electron chi connectivity index (χ4n) is 4.18. The summed E-state index contributed by atoms with van der Waals surface area (Å²) in [5, 5.41) is 0.731. The number of amides is 1. The Hall–Kier alpha value is -1.88. The molecular weight excluding hydrogens is 408 g/mol. The number of nitrogens with zero attached hydrogens (tertiary/aromatic N) is 2. The number of ether oxygens (including phenoxy) is 1. The highest BCUT2D eigenvalue weighted by Crippen LogP contribution is 2.24. The highest BCUT2D eigenvalue weighted by molar-refractivity contribution is 6.30. The molecule has 1 heterocycles. The van der Waals surface area contributed by atoms with Crippen LogP contribution in [0.1, 0.15) is 49.5 Å². The first kappa shape index (κ1) is 23.8. The van der Waals surface area contributed by atoms with Crippen LogP contribution >= 0.6 is 11.6 Å². The number of aryl methyl sites for hydroxylation is 1. The van der Waals surface area contributed by atoms with E-state index in [2.05, 4.69) is 55.1 Å². The molecular formula is C26H35ClN2O2. The second kappa shape index (κ2) is 11.7. The van der Waals surface area contributed by atoms with Crippen LogP contribution in [0.15, 0.2) is 48.5 Å². The molecule has 1 aliphatic heterocycles. The van der Waals surface area contributed by atoms with Gasteiger partial charge in [0.2, 0.25) is 5.91 Å². The van der Waals surface area contributed by atoms with Gasteiger partial charge in [0.1, 0.15) is 0 Å². The number of piperazine rings is 1. The van der Waals surface area contributed by atoms with Gasteiger partial charge in [-0.1, -0.05) is 73.8 Å². The van der Waals surface area contributed by atoms with E-state index in [0.717, 1.165) is 56.2 Å². The zero-order valence-corrected chi connectivity index (χ0v) is 19.8. The third-order valence-corrected chi connectivity index (χ3v) is 6.28. The highest BCUT2D eigenvalue weighted by atomic mass is 35.5. The van der Waals surface area contributed by atoms with Crippen LogP contribution in [-0.4, -0.2) is 48.4 Å². The molecule has 2 aromatic rings. The Morgan fingerprint density at radius 1 is 1.10 bits per heavy atom. The van der Waals surface area contributed by atoms with Gasteiger partial charge in [0.25, 0.3) is 0 Å². The van der Waals surface area contributed by atoms with Gasteiger partial charge in [0.15, 0.2) is 0 Å². The number of hydrogen-bond donors (Lipinski definition) is 0. The molecule has 0 saturated carbocycles. The number of hydrogen-bond acceptors (Lipinski definition) is 3. The van der Waals surface area contributed by atoms with E-state index >= 15 is 0 Å². The first-order valence-electron chi connectivity index (χ1n) is 11.4. The first-order valence-corrected chi connectivity index (χ1v) is 11.8. The maximum Gasteiger partial charge on any atom is 0.225 e. The van der Waals surface area contributed by atoms with Crippen molar-refractivity contribution in [2.45, 2.75) is 46.3 Å². The summed E-state index contributed by atoms with van der Waals surface area (Å²) < 4.78 is 6.39. The number of carbonyl (C=O) groups excluding carboxylic acids is 1. The Morgan fingerprint density at radius 2 is 1.81 bits per heavy atom. The fraction of sp³-hybridized carbons (Fsp3) is 0.500. The standard InChI is InChI=1S/C26H35ClN2O2/c1-4-6-21(3)26(30)29-15-13-28(14-16-29)18-25(23-9-11-24(27)12-10-23)31-19-22-8-5-7-20(2)17-22/h5,7-12,17,21,25H,4,6,13-16,18-19H2,1-3H3. The summed E-state index contributed by atoms with van der Waals surface area (Å²) >= 11 is 6.10. The molecule has 1 aliphatic rings. The van der Waals surface area contributed by atoms with Crippen molar-refractivity contribution in [3.8, 4) is 0 Å². The van der Waals surface area contributed by atoms with Crippen LogP contribution in [0.5, 0.6) is 0 Å². The third kappa shape index (κ3) is 7.06. The van der Waals surface area contributed by atoms with Crippen molar-refractivity contribution in [3.63, 3.8) is 0 Å². The van der Waals surface area contributed by atoms with E-state index in [1.165, 1.54) is 11.1 Å². The quantitative estimate of drug-likeness (QED) is 0.515. The van der Waals surface area contributed by atoms with Gasteiger partial charge in [-0.05, 0) is 36.6 Å². The molecule has 4 nitrogen and oxygen atoms in total. The van der Waals surface area contributed by atoms with Gasteiger partial charge in [-0.15, -0.1) is 0 Å². The molecule has 0 spiro atoms. The normalized spacial score (nSPS) is 16.8. The predicted octanol–water partition coefficient (Wildman–Crippen LogP) is 5.49. The van der Waals surface area contributed by atoms with E-state index in [1.54, 1.807) is 0 Å². The van der Waals surface area contributed by atoms with E-state index in [9.17, 15) is 4.79 Å². The molecule has 2 aromatic carbocycles. The number of carbonyl (C=O) groups is 1. The topological polar surface area (TPSA) is 32.8 Å². The highest BCUT2D eigenvalue weighted by Gasteiger charge is 2.26. The average Bonchev–Trinajstić information content (AvgIpc) is 2.77. The van der Waals surface area contributed by atoms with E-state index in [1.807, 2.05) is 24.0 Å². The first-order chi connectivity index (χ1) is 15.0. The molecule has 0 N–H and O–H groups in total. The maximum atomic E-state index is 12.6. The minimum Gasteiger partial charge on any atom is -0.368 e. The van der Waals surface area contributed by atoms with Gasteiger partial charge in [-0.2, -0.15) is 0 Å². The second-order valence-corrected chi connectivity index (χ2v) is 9.09. The largest absolute Gasteiger partial charge is 0.368 e. The lowest BCUT2D eigenvalue weighted by Gasteiger charge is -2.37. The predicted molar refractivity (Wildman–Crippen MR) is 127 cm³/mol. The lowest BCUT2D eigenvalue weighted by atomic mass is 10.0. The molecule has 1 saturated heterocycles. The number of benzene rings is 2. The molecule has 1 fully saturated rings. The van der Waals surface area contributed by atoms with Gasteiger partial charge in [-0.25, -0.2) is 0 Å². The Balaban J connectivity index is 1.61. The van der Waals surface area contributed by atoms with Crippen LogP contribution in [-0.2, 0) is 16.1 Å². The van der Waals surface area contributed by atoms with E-state index in [0.29, 0.717) is 12.5 Å². The van der Waals surface area contributed by atoms with Gasteiger partial charge in [0, 0.05) is 43.7 Å². The number of halogens is 1. The van der Waals surface area contributed by atoms with Crippen LogP contribution in [0.25, 0.3) is 0 Å². The summed E-state index contributed by atoms with van der Waals surface area (Å²) in [6, 6.07) is 16.4. The van der Waals surface area contributed by atoms with Crippen molar-refractivity contribution in [1.29, 1.82) is 0 Å². The molecule has 2 unspecified atom stereocenters. The molecule has 0 aliphatic carbocycles.